The summed E-state index contributed by atoms with van der Waals surface area (Å²) in [7, 11) is 1.97. The van der Waals surface area contributed by atoms with E-state index in [4.69, 9.17) is 0 Å². The Morgan fingerprint density at radius 3 is 2.45 bits per heavy atom. The molecule has 0 aliphatic heterocycles. The van der Waals surface area contributed by atoms with E-state index in [0.717, 1.165) is 32.1 Å². The summed E-state index contributed by atoms with van der Waals surface area (Å²) < 4.78 is 3.02. The maximum absolute atomic E-state index is 12.7. The van der Waals surface area contributed by atoms with Crippen LogP contribution in [0, 0.1) is 6.92 Å². The summed E-state index contributed by atoms with van der Waals surface area (Å²) in [6.45, 7) is 2.01. The van der Waals surface area contributed by atoms with Gasteiger partial charge in [0.1, 0.15) is 0 Å². The Bertz CT molecular complexity index is 847. The van der Waals surface area contributed by atoms with Gasteiger partial charge in [0.15, 0.2) is 5.43 Å². The average Bonchev–Trinajstić information content (AvgIpc) is 2.44. The molecule has 2 aromatic carbocycles. The zero-order chi connectivity index (χ0) is 14.3. The SMILES string of the molecule is Cc1ccc2c(c1)c(=O)c(-c1ccc(Br)cc1)cn2C. The van der Waals surface area contributed by atoms with Gasteiger partial charge in [-0.1, -0.05) is 39.7 Å². The van der Waals surface area contributed by atoms with Gasteiger partial charge < -0.3 is 4.57 Å². The Labute approximate surface area is 125 Å². The first kappa shape index (κ1) is 13.1. The zero-order valence-electron chi connectivity index (χ0n) is 11.4. The fraction of sp³-hybridized carbons (Fsp3) is 0.118. The average molecular weight is 328 g/mol. The predicted octanol–water partition coefficient (Wildman–Crippen LogP) is 4.28. The van der Waals surface area contributed by atoms with Gasteiger partial charge in [0, 0.05) is 28.7 Å². The van der Waals surface area contributed by atoms with Gasteiger partial charge in [-0.2, -0.15) is 0 Å². The third kappa shape index (κ3) is 2.18. The van der Waals surface area contributed by atoms with Crippen LogP contribution >= 0.6 is 15.9 Å². The fourth-order valence-corrected chi connectivity index (χ4v) is 2.71. The largest absolute Gasteiger partial charge is 0.350 e. The number of aryl methyl sites for hydroxylation is 2. The lowest BCUT2D eigenvalue weighted by Crippen LogP contribution is -2.10. The number of hydrogen-bond acceptors (Lipinski definition) is 1. The van der Waals surface area contributed by atoms with Gasteiger partial charge in [0.2, 0.25) is 0 Å². The number of rotatable bonds is 1. The van der Waals surface area contributed by atoms with E-state index in [1.165, 1.54) is 0 Å². The molecule has 0 spiro atoms. The first-order valence-corrected chi connectivity index (χ1v) is 7.21. The summed E-state index contributed by atoms with van der Waals surface area (Å²) >= 11 is 3.42. The minimum atomic E-state index is 0.0872. The Morgan fingerprint density at radius 1 is 1.05 bits per heavy atom. The van der Waals surface area contributed by atoms with Crippen LogP contribution in [0.15, 0.2) is 57.9 Å². The minimum absolute atomic E-state index is 0.0872. The van der Waals surface area contributed by atoms with Gasteiger partial charge in [-0.05, 0) is 36.8 Å². The topological polar surface area (TPSA) is 22.0 Å². The molecule has 0 bridgehead atoms. The second-order valence-electron chi connectivity index (χ2n) is 5.01. The van der Waals surface area contributed by atoms with Crippen LogP contribution < -0.4 is 5.43 Å². The van der Waals surface area contributed by atoms with Crippen molar-refractivity contribution < 1.29 is 0 Å². The zero-order valence-corrected chi connectivity index (χ0v) is 12.9. The van der Waals surface area contributed by atoms with Crippen LogP contribution in [0.5, 0.6) is 0 Å². The van der Waals surface area contributed by atoms with Crippen LogP contribution in [0.1, 0.15) is 5.56 Å². The van der Waals surface area contributed by atoms with Crippen molar-refractivity contribution in [3.05, 3.63) is 68.9 Å². The van der Waals surface area contributed by atoms with E-state index in [1.807, 2.05) is 67.2 Å². The van der Waals surface area contributed by atoms with Gasteiger partial charge in [0.25, 0.3) is 0 Å². The third-order valence-corrected chi connectivity index (χ3v) is 4.03. The van der Waals surface area contributed by atoms with Gasteiger partial charge >= 0.3 is 0 Å². The van der Waals surface area contributed by atoms with Gasteiger partial charge in [-0.25, -0.2) is 0 Å². The van der Waals surface area contributed by atoms with Crippen LogP contribution in [0.2, 0.25) is 0 Å². The van der Waals surface area contributed by atoms with Crippen molar-refractivity contribution in [3.8, 4) is 11.1 Å². The molecule has 0 unspecified atom stereocenters. The summed E-state index contributed by atoms with van der Waals surface area (Å²) in [5.74, 6) is 0. The summed E-state index contributed by atoms with van der Waals surface area (Å²) in [5.41, 5.74) is 3.82. The van der Waals surface area contributed by atoms with Crippen LogP contribution in [-0.4, -0.2) is 4.57 Å². The highest BCUT2D eigenvalue weighted by molar-refractivity contribution is 9.10. The van der Waals surface area contributed by atoms with E-state index in [1.54, 1.807) is 0 Å². The Balaban J connectivity index is 2.35. The molecule has 3 heteroatoms. The molecule has 0 radical (unpaired) electrons. The highest BCUT2D eigenvalue weighted by atomic mass is 79.9. The lowest BCUT2D eigenvalue weighted by molar-refractivity contribution is 0.952. The summed E-state index contributed by atoms with van der Waals surface area (Å²) in [4.78, 5) is 12.7. The molecule has 3 aromatic rings. The summed E-state index contributed by atoms with van der Waals surface area (Å²) in [5, 5.41) is 0.771. The quantitative estimate of drug-likeness (QED) is 0.654. The molecular formula is C17H14BrNO. The van der Waals surface area contributed by atoms with Crippen molar-refractivity contribution in [3.63, 3.8) is 0 Å². The van der Waals surface area contributed by atoms with Crippen molar-refractivity contribution in [1.29, 1.82) is 0 Å². The molecule has 100 valence electrons. The number of hydrogen-bond donors (Lipinski definition) is 0. The smallest absolute Gasteiger partial charge is 0.197 e. The molecule has 0 saturated carbocycles. The number of aromatic nitrogens is 1. The maximum atomic E-state index is 12.7. The Morgan fingerprint density at radius 2 is 1.75 bits per heavy atom. The Kier molecular flexibility index (Phi) is 3.22. The molecule has 1 aromatic heterocycles. The van der Waals surface area contributed by atoms with E-state index >= 15 is 0 Å². The fourth-order valence-electron chi connectivity index (χ4n) is 2.44. The van der Waals surface area contributed by atoms with E-state index < -0.39 is 0 Å². The van der Waals surface area contributed by atoms with E-state index in [9.17, 15) is 4.79 Å². The van der Waals surface area contributed by atoms with Crippen molar-refractivity contribution in [1.82, 2.24) is 4.57 Å². The number of benzene rings is 2. The molecule has 0 atom stereocenters. The monoisotopic (exact) mass is 327 g/mol. The molecule has 20 heavy (non-hydrogen) atoms. The van der Waals surface area contributed by atoms with Crippen LogP contribution in [0.25, 0.3) is 22.0 Å². The highest BCUT2D eigenvalue weighted by Gasteiger charge is 2.09. The Hall–Kier alpha value is -1.87. The highest BCUT2D eigenvalue weighted by Crippen LogP contribution is 2.22. The normalized spacial score (nSPS) is 10.9. The second kappa shape index (κ2) is 4.91. The van der Waals surface area contributed by atoms with Crippen molar-refractivity contribution in [2.24, 2.45) is 7.05 Å². The van der Waals surface area contributed by atoms with E-state index in [-0.39, 0.29) is 5.43 Å². The summed E-state index contributed by atoms with van der Waals surface area (Å²) in [6, 6.07) is 13.8. The molecule has 2 nitrogen and oxygen atoms in total. The predicted molar refractivity (Wildman–Crippen MR) is 87.1 cm³/mol. The maximum Gasteiger partial charge on any atom is 0.197 e. The van der Waals surface area contributed by atoms with Crippen LogP contribution in [0.4, 0.5) is 0 Å². The van der Waals surface area contributed by atoms with E-state index in [0.29, 0.717) is 0 Å². The first-order chi connectivity index (χ1) is 9.56. The molecule has 0 aliphatic rings. The second-order valence-corrected chi connectivity index (χ2v) is 5.93. The molecule has 0 amide bonds. The molecule has 3 rings (SSSR count). The standard InChI is InChI=1S/C17H14BrNO/c1-11-3-8-16-14(9-11)17(20)15(10-19(16)2)12-4-6-13(18)7-5-12/h3-10H,1-2H3. The third-order valence-electron chi connectivity index (χ3n) is 3.50. The molecule has 0 saturated heterocycles. The van der Waals surface area contributed by atoms with Gasteiger partial charge in [-0.3, -0.25) is 4.79 Å². The van der Waals surface area contributed by atoms with Crippen molar-refractivity contribution >= 4 is 26.8 Å². The number of pyridine rings is 1. The lowest BCUT2D eigenvalue weighted by Gasteiger charge is -2.10. The number of halogens is 1. The van der Waals surface area contributed by atoms with Crippen molar-refractivity contribution in [2.75, 3.05) is 0 Å². The lowest BCUT2D eigenvalue weighted by atomic mass is 10.0. The molecule has 0 aliphatic carbocycles. The first-order valence-electron chi connectivity index (χ1n) is 6.42. The van der Waals surface area contributed by atoms with Crippen LogP contribution in [-0.2, 0) is 7.05 Å². The molecule has 0 fully saturated rings. The van der Waals surface area contributed by atoms with Gasteiger partial charge in [-0.15, -0.1) is 0 Å². The minimum Gasteiger partial charge on any atom is -0.350 e. The molecular weight excluding hydrogens is 314 g/mol. The van der Waals surface area contributed by atoms with E-state index in [2.05, 4.69) is 15.9 Å². The number of nitrogens with zero attached hydrogens (tertiary/aromatic N) is 1. The van der Waals surface area contributed by atoms with Gasteiger partial charge in [0.05, 0.1) is 5.52 Å². The van der Waals surface area contributed by atoms with Crippen LogP contribution in [0.3, 0.4) is 0 Å². The molecule has 1 heterocycles. The number of fused-ring (bicyclic) bond motifs is 1. The summed E-state index contributed by atoms with van der Waals surface area (Å²) in [6.07, 6.45) is 1.91. The van der Waals surface area contributed by atoms with Crippen molar-refractivity contribution in [2.45, 2.75) is 6.92 Å². The molecule has 0 N–H and O–H groups in total.